The zero-order valence-electron chi connectivity index (χ0n) is 14.1. The Morgan fingerprint density at radius 1 is 1.04 bits per heavy atom. The van der Waals surface area contributed by atoms with Gasteiger partial charge < -0.3 is 0 Å². The van der Waals surface area contributed by atoms with Crippen LogP contribution in [0.2, 0.25) is 0 Å². The Balaban J connectivity index is 1.98. The number of nitrogens with one attached hydrogen (secondary N) is 1. The minimum atomic E-state index is -0.737. The Morgan fingerprint density at radius 2 is 1.76 bits per heavy atom. The van der Waals surface area contributed by atoms with Crippen molar-refractivity contribution in [2.45, 2.75) is 20.3 Å². The molecule has 0 saturated carbocycles. The zero-order valence-corrected chi connectivity index (χ0v) is 14.1. The van der Waals surface area contributed by atoms with Gasteiger partial charge in [0, 0.05) is 0 Å². The third-order valence-corrected chi connectivity index (χ3v) is 4.06. The predicted molar refractivity (Wildman–Crippen MR) is 96.0 cm³/mol. The molecule has 0 atom stereocenters. The Hall–Kier alpha value is -3.21. The van der Waals surface area contributed by atoms with Gasteiger partial charge in [0.25, 0.3) is 11.8 Å². The van der Waals surface area contributed by atoms with Crippen LogP contribution in [0, 0.1) is 6.92 Å². The second-order valence-corrected chi connectivity index (χ2v) is 5.89. The second-order valence-electron chi connectivity index (χ2n) is 5.89. The second kappa shape index (κ2) is 6.73. The highest BCUT2D eigenvalue weighted by Crippen LogP contribution is 2.22. The largest absolute Gasteiger partial charge is 0.335 e. The van der Waals surface area contributed by atoms with Gasteiger partial charge in [0.05, 0.1) is 5.69 Å². The first kappa shape index (κ1) is 16.6. The number of hydrogen-bond acceptors (Lipinski definition) is 3. The molecule has 2 aromatic rings. The van der Waals surface area contributed by atoms with Gasteiger partial charge in [-0.25, -0.2) is 9.69 Å². The molecule has 5 nitrogen and oxygen atoms in total. The first-order chi connectivity index (χ1) is 12.0. The van der Waals surface area contributed by atoms with Crippen LogP contribution in [0.3, 0.4) is 0 Å². The number of anilines is 1. The minimum absolute atomic E-state index is 0.0645. The fourth-order valence-corrected chi connectivity index (χ4v) is 2.68. The quantitative estimate of drug-likeness (QED) is 0.692. The van der Waals surface area contributed by atoms with Crippen molar-refractivity contribution in [3.05, 3.63) is 70.8 Å². The Labute approximate surface area is 146 Å². The summed E-state index contributed by atoms with van der Waals surface area (Å²) in [5.41, 5.74) is 3.18. The van der Waals surface area contributed by atoms with Crippen LogP contribution < -0.4 is 10.2 Å². The molecule has 1 heterocycles. The summed E-state index contributed by atoms with van der Waals surface area (Å²) in [4.78, 5) is 38.0. The maximum atomic E-state index is 12.8. The van der Waals surface area contributed by atoms with Crippen molar-refractivity contribution in [2.24, 2.45) is 0 Å². The lowest BCUT2D eigenvalue weighted by Crippen LogP contribution is -2.54. The van der Waals surface area contributed by atoms with Crippen LogP contribution in [0.25, 0.3) is 6.08 Å². The monoisotopic (exact) mass is 334 g/mol. The smallest absolute Gasteiger partial charge is 0.273 e. The van der Waals surface area contributed by atoms with Crippen molar-refractivity contribution in [1.29, 1.82) is 0 Å². The lowest BCUT2D eigenvalue weighted by atomic mass is 10.0. The molecule has 0 aromatic heterocycles. The fraction of sp³-hybridized carbons (Fsp3) is 0.150. The number of benzene rings is 2. The van der Waals surface area contributed by atoms with E-state index in [2.05, 4.69) is 12.2 Å². The molecule has 0 bridgehead atoms. The molecule has 126 valence electrons. The molecule has 4 amide bonds. The fourth-order valence-electron chi connectivity index (χ4n) is 2.68. The van der Waals surface area contributed by atoms with Gasteiger partial charge in [-0.15, -0.1) is 0 Å². The first-order valence-corrected chi connectivity index (χ1v) is 8.06. The summed E-state index contributed by atoms with van der Waals surface area (Å²) in [5.74, 6) is -1.31. The topological polar surface area (TPSA) is 66.5 Å². The molecular weight excluding hydrogens is 316 g/mol. The van der Waals surface area contributed by atoms with Crippen LogP contribution in [0.4, 0.5) is 10.5 Å². The van der Waals surface area contributed by atoms with E-state index < -0.39 is 17.8 Å². The van der Waals surface area contributed by atoms with E-state index in [9.17, 15) is 14.4 Å². The SMILES string of the molecule is CCc1ccc(C=C2C(=O)NC(=O)N(c3cccc(C)c3)C2=O)cc1. The maximum Gasteiger partial charge on any atom is 0.335 e. The van der Waals surface area contributed by atoms with E-state index in [0.717, 1.165) is 28.0 Å². The summed E-state index contributed by atoms with van der Waals surface area (Å²) in [6.07, 6.45) is 2.41. The van der Waals surface area contributed by atoms with E-state index >= 15 is 0 Å². The number of nitrogens with zero attached hydrogens (tertiary/aromatic N) is 1. The van der Waals surface area contributed by atoms with E-state index in [4.69, 9.17) is 0 Å². The highest BCUT2D eigenvalue weighted by atomic mass is 16.2. The third-order valence-electron chi connectivity index (χ3n) is 4.06. The van der Waals surface area contributed by atoms with E-state index in [0.29, 0.717) is 5.69 Å². The molecule has 1 aliphatic heterocycles. The molecule has 5 heteroatoms. The van der Waals surface area contributed by atoms with Gasteiger partial charge in [-0.2, -0.15) is 0 Å². The maximum absolute atomic E-state index is 12.8. The predicted octanol–water partition coefficient (Wildman–Crippen LogP) is 3.22. The molecule has 1 N–H and O–H groups in total. The third kappa shape index (κ3) is 3.35. The highest BCUT2D eigenvalue weighted by molar-refractivity contribution is 6.39. The Kier molecular flexibility index (Phi) is 4.48. The molecule has 3 rings (SSSR count). The molecule has 0 aliphatic carbocycles. The van der Waals surface area contributed by atoms with Crippen molar-refractivity contribution in [2.75, 3.05) is 4.90 Å². The van der Waals surface area contributed by atoms with Gasteiger partial charge in [-0.05, 0) is 48.2 Å². The summed E-state index contributed by atoms with van der Waals surface area (Å²) >= 11 is 0. The molecule has 0 unspecified atom stereocenters. The van der Waals surface area contributed by atoms with E-state index in [1.807, 2.05) is 37.3 Å². The number of amides is 4. The average molecular weight is 334 g/mol. The van der Waals surface area contributed by atoms with Crippen LogP contribution in [0.1, 0.15) is 23.6 Å². The molecule has 1 fully saturated rings. The molecule has 2 aromatic carbocycles. The minimum Gasteiger partial charge on any atom is -0.273 e. The van der Waals surface area contributed by atoms with E-state index in [1.165, 1.54) is 6.08 Å². The van der Waals surface area contributed by atoms with Crippen molar-refractivity contribution in [1.82, 2.24) is 5.32 Å². The van der Waals surface area contributed by atoms with Gasteiger partial charge in [0.1, 0.15) is 5.57 Å². The molecule has 1 aliphatic rings. The van der Waals surface area contributed by atoms with Crippen LogP contribution in [0.5, 0.6) is 0 Å². The molecule has 25 heavy (non-hydrogen) atoms. The number of rotatable bonds is 3. The molecule has 1 saturated heterocycles. The van der Waals surface area contributed by atoms with E-state index in [-0.39, 0.29) is 5.57 Å². The van der Waals surface area contributed by atoms with Crippen LogP contribution >= 0.6 is 0 Å². The number of aryl methyl sites for hydroxylation is 2. The van der Waals surface area contributed by atoms with Gasteiger partial charge >= 0.3 is 6.03 Å². The zero-order chi connectivity index (χ0) is 18.0. The summed E-state index contributed by atoms with van der Waals surface area (Å²) in [6.45, 7) is 3.92. The van der Waals surface area contributed by atoms with Crippen molar-refractivity contribution < 1.29 is 14.4 Å². The van der Waals surface area contributed by atoms with Gasteiger partial charge in [-0.1, -0.05) is 43.3 Å². The lowest BCUT2D eigenvalue weighted by molar-refractivity contribution is -0.122. The molecular formula is C20H18N2O3. The van der Waals surface area contributed by atoms with Gasteiger partial charge in [0.15, 0.2) is 0 Å². The summed E-state index contributed by atoms with van der Waals surface area (Å²) in [7, 11) is 0. The first-order valence-electron chi connectivity index (χ1n) is 8.06. The van der Waals surface area contributed by atoms with Gasteiger partial charge in [-0.3, -0.25) is 14.9 Å². The van der Waals surface area contributed by atoms with Gasteiger partial charge in [0.2, 0.25) is 0 Å². The summed E-state index contributed by atoms with van der Waals surface area (Å²) in [5, 5.41) is 2.23. The Bertz CT molecular complexity index is 882. The number of carbonyl (C=O) groups excluding carboxylic acids is 3. The molecule has 0 spiro atoms. The standard InChI is InChI=1S/C20H18N2O3/c1-3-14-7-9-15(10-8-14)12-17-18(23)21-20(25)22(19(17)24)16-6-4-5-13(2)11-16/h4-12H,3H2,1-2H3,(H,21,23,25). The lowest BCUT2D eigenvalue weighted by Gasteiger charge is -2.26. The van der Waals surface area contributed by atoms with Crippen LogP contribution in [-0.4, -0.2) is 17.8 Å². The average Bonchev–Trinajstić information content (AvgIpc) is 2.59. The molecule has 0 radical (unpaired) electrons. The van der Waals surface area contributed by atoms with Crippen LogP contribution in [0.15, 0.2) is 54.1 Å². The summed E-state index contributed by atoms with van der Waals surface area (Å²) in [6, 6.07) is 13.9. The van der Waals surface area contributed by atoms with Crippen molar-refractivity contribution >= 4 is 29.6 Å². The number of imide groups is 2. The van der Waals surface area contributed by atoms with Crippen LogP contribution in [-0.2, 0) is 16.0 Å². The highest BCUT2D eigenvalue weighted by Gasteiger charge is 2.36. The number of urea groups is 1. The van der Waals surface area contributed by atoms with Crippen molar-refractivity contribution in [3.63, 3.8) is 0 Å². The number of hydrogen-bond donors (Lipinski definition) is 1. The number of barbiturate groups is 1. The normalized spacial score (nSPS) is 16.3. The number of carbonyl (C=O) groups is 3. The summed E-state index contributed by atoms with van der Waals surface area (Å²) < 4.78 is 0. The van der Waals surface area contributed by atoms with E-state index in [1.54, 1.807) is 18.2 Å². The Morgan fingerprint density at radius 3 is 2.40 bits per heavy atom. The van der Waals surface area contributed by atoms with Crippen molar-refractivity contribution in [3.8, 4) is 0 Å².